The third kappa shape index (κ3) is 3.44. The van der Waals surface area contributed by atoms with Crippen molar-refractivity contribution in [2.24, 2.45) is 0 Å². The molecule has 1 aromatic carbocycles. The van der Waals surface area contributed by atoms with E-state index in [2.05, 4.69) is 4.74 Å². The molecule has 0 aromatic heterocycles. The standard InChI is InChI=1S/C9H9F3INO/c1-14(2)7-5-3-4-6(13)8(7)15-9(10,11)12/h3-5H,1-2H3. The molecule has 2 nitrogen and oxygen atoms in total. The predicted molar refractivity (Wildman–Crippen MR) is 60.2 cm³/mol. The van der Waals surface area contributed by atoms with Crippen LogP contribution >= 0.6 is 22.6 Å². The molecule has 0 bridgehead atoms. The van der Waals surface area contributed by atoms with Gasteiger partial charge < -0.3 is 9.64 Å². The third-order valence-electron chi connectivity index (χ3n) is 1.65. The fraction of sp³-hybridized carbons (Fsp3) is 0.333. The molecule has 0 aliphatic heterocycles. The lowest BCUT2D eigenvalue weighted by atomic mass is 10.3. The maximum Gasteiger partial charge on any atom is 0.573 e. The lowest BCUT2D eigenvalue weighted by Crippen LogP contribution is -2.20. The summed E-state index contributed by atoms with van der Waals surface area (Å²) in [5.41, 5.74) is 0.402. The summed E-state index contributed by atoms with van der Waals surface area (Å²) in [7, 11) is 3.32. The summed E-state index contributed by atoms with van der Waals surface area (Å²) in [6.07, 6.45) is -4.66. The van der Waals surface area contributed by atoms with Gasteiger partial charge in [0.25, 0.3) is 0 Å². The zero-order valence-electron chi connectivity index (χ0n) is 8.10. The van der Waals surface area contributed by atoms with Crippen LogP contribution in [0.3, 0.4) is 0 Å². The maximum atomic E-state index is 12.1. The number of hydrogen-bond acceptors (Lipinski definition) is 2. The molecule has 84 valence electrons. The fourth-order valence-corrected chi connectivity index (χ4v) is 1.66. The average molecular weight is 331 g/mol. The predicted octanol–water partition coefficient (Wildman–Crippen LogP) is 3.26. The van der Waals surface area contributed by atoms with Crippen molar-refractivity contribution in [3.63, 3.8) is 0 Å². The van der Waals surface area contributed by atoms with Gasteiger partial charge in [0.05, 0.1) is 9.26 Å². The van der Waals surface area contributed by atoms with E-state index >= 15 is 0 Å². The Balaban J connectivity index is 3.14. The molecule has 0 saturated carbocycles. The Morgan fingerprint density at radius 3 is 2.33 bits per heavy atom. The first-order valence-electron chi connectivity index (χ1n) is 4.03. The van der Waals surface area contributed by atoms with Gasteiger partial charge in [0, 0.05) is 14.1 Å². The highest BCUT2D eigenvalue weighted by molar-refractivity contribution is 14.1. The Hall–Kier alpha value is -0.660. The summed E-state index contributed by atoms with van der Waals surface area (Å²) < 4.78 is 40.8. The second-order valence-electron chi connectivity index (χ2n) is 3.03. The van der Waals surface area contributed by atoms with Crippen LogP contribution in [0.15, 0.2) is 18.2 Å². The number of alkyl halides is 3. The smallest absolute Gasteiger partial charge is 0.402 e. The summed E-state index contributed by atoms with van der Waals surface area (Å²) >= 11 is 1.81. The molecule has 0 fully saturated rings. The molecule has 0 aliphatic carbocycles. The Morgan fingerprint density at radius 2 is 1.87 bits per heavy atom. The highest BCUT2D eigenvalue weighted by atomic mass is 127. The number of halogens is 4. The van der Waals surface area contributed by atoms with E-state index < -0.39 is 6.36 Å². The van der Waals surface area contributed by atoms with Gasteiger partial charge in [-0.3, -0.25) is 0 Å². The molecule has 15 heavy (non-hydrogen) atoms. The average Bonchev–Trinajstić information content (AvgIpc) is 2.05. The highest BCUT2D eigenvalue weighted by Gasteiger charge is 2.33. The zero-order valence-corrected chi connectivity index (χ0v) is 10.3. The molecular weight excluding hydrogens is 322 g/mol. The van der Waals surface area contributed by atoms with E-state index in [1.54, 1.807) is 37.2 Å². The van der Waals surface area contributed by atoms with Crippen LogP contribution in [0.5, 0.6) is 5.75 Å². The van der Waals surface area contributed by atoms with Gasteiger partial charge in [-0.1, -0.05) is 6.07 Å². The van der Waals surface area contributed by atoms with Crippen molar-refractivity contribution in [1.29, 1.82) is 0 Å². The van der Waals surface area contributed by atoms with E-state index in [-0.39, 0.29) is 5.75 Å². The van der Waals surface area contributed by atoms with E-state index in [9.17, 15) is 13.2 Å². The van der Waals surface area contributed by atoms with Gasteiger partial charge in [-0.2, -0.15) is 0 Å². The molecule has 0 radical (unpaired) electrons. The molecule has 6 heteroatoms. The van der Waals surface area contributed by atoms with Gasteiger partial charge >= 0.3 is 6.36 Å². The van der Waals surface area contributed by atoms with Gasteiger partial charge in [-0.15, -0.1) is 13.2 Å². The van der Waals surface area contributed by atoms with Crippen LogP contribution in [0, 0.1) is 3.57 Å². The molecule has 1 rings (SSSR count). The third-order valence-corrected chi connectivity index (χ3v) is 2.50. The van der Waals surface area contributed by atoms with Crippen molar-refractivity contribution >= 4 is 28.3 Å². The van der Waals surface area contributed by atoms with E-state index in [0.717, 1.165) is 0 Å². The molecular formula is C9H9F3INO. The topological polar surface area (TPSA) is 12.5 Å². The largest absolute Gasteiger partial charge is 0.573 e. The Morgan fingerprint density at radius 1 is 1.27 bits per heavy atom. The van der Waals surface area contributed by atoms with Crippen molar-refractivity contribution in [1.82, 2.24) is 0 Å². The van der Waals surface area contributed by atoms with Crippen molar-refractivity contribution in [3.8, 4) is 5.75 Å². The first kappa shape index (κ1) is 12.4. The van der Waals surface area contributed by atoms with Crippen LogP contribution in [0.2, 0.25) is 0 Å². The Kier molecular flexibility index (Phi) is 3.69. The second-order valence-corrected chi connectivity index (χ2v) is 4.19. The van der Waals surface area contributed by atoms with Crippen LogP contribution in [0.4, 0.5) is 18.9 Å². The molecule has 0 spiro atoms. The maximum absolute atomic E-state index is 12.1. The molecule has 0 heterocycles. The van der Waals surface area contributed by atoms with Gasteiger partial charge in [-0.25, -0.2) is 0 Å². The summed E-state index contributed by atoms with van der Waals surface area (Å²) in [4.78, 5) is 1.57. The van der Waals surface area contributed by atoms with Crippen LogP contribution in [0.25, 0.3) is 0 Å². The quantitative estimate of drug-likeness (QED) is 0.772. The van der Waals surface area contributed by atoms with E-state index in [4.69, 9.17) is 0 Å². The second kappa shape index (κ2) is 4.46. The summed E-state index contributed by atoms with van der Waals surface area (Å²) in [6.45, 7) is 0. The van der Waals surface area contributed by atoms with Crippen molar-refractivity contribution in [3.05, 3.63) is 21.8 Å². The Bertz CT molecular complexity index is 352. The van der Waals surface area contributed by atoms with Crippen LogP contribution in [0.1, 0.15) is 0 Å². The molecule has 1 aromatic rings. The van der Waals surface area contributed by atoms with Crippen molar-refractivity contribution < 1.29 is 17.9 Å². The minimum Gasteiger partial charge on any atom is -0.402 e. The lowest BCUT2D eigenvalue weighted by molar-refractivity contribution is -0.274. The fourth-order valence-electron chi connectivity index (χ4n) is 1.07. The first-order chi connectivity index (χ1) is 6.81. The minimum atomic E-state index is -4.66. The number of ether oxygens (including phenoxy) is 1. The highest BCUT2D eigenvalue weighted by Crippen LogP contribution is 2.35. The Labute approximate surface area is 99.2 Å². The molecule has 0 amide bonds. The molecule has 0 atom stereocenters. The molecule has 0 N–H and O–H groups in total. The van der Waals surface area contributed by atoms with Crippen molar-refractivity contribution in [2.75, 3.05) is 19.0 Å². The number of hydrogen-bond donors (Lipinski definition) is 0. The monoisotopic (exact) mass is 331 g/mol. The van der Waals surface area contributed by atoms with Crippen LogP contribution in [-0.4, -0.2) is 20.5 Å². The van der Waals surface area contributed by atoms with E-state index in [0.29, 0.717) is 9.26 Å². The van der Waals surface area contributed by atoms with Crippen LogP contribution in [-0.2, 0) is 0 Å². The van der Waals surface area contributed by atoms with Gasteiger partial charge in [-0.05, 0) is 34.7 Å². The zero-order chi connectivity index (χ0) is 11.6. The number of anilines is 1. The minimum absolute atomic E-state index is 0.157. The van der Waals surface area contributed by atoms with Crippen molar-refractivity contribution in [2.45, 2.75) is 6.36 Å². The van der Waals surface area contributed by atoms with Gasteiger partial charge in [0.1, 0.15) is 0 Å². The first-order valence-corrected chi connectivity index (χ1v) is 5.10. The molecule has 0 aliphatic rings. The number of benzene rings is 1. The van der Waals surface area contributed by atoms with Gasteiger partial charge in [0.15, 0.2) is 5.75 Å². The van der Waals surface area contributed by atoms with E-state index in [1.807, 2.05) is 22.6 Å². The summed E-state index contributed by atoms with van der Waals surface area (Å²) in [6, 6.07) is 4.82. The van der Waals surface area contributed by atoms with E-state index in [1.165, 1.54) is 0 Å². The normalized spacial score (nSPS) is 11.3. The summed E-state index contributed by atoms with van der Waals surface area (Å²) in [5.74, 6) is -0.157. The SMILES string of the molecule is CN(C)c1cccc(I)c1OC(F)(F)F. The number of rotatable bonds is 2. The summed E-state index contributed by atoms with van der Waals surface area (Å²) in [5, 5.41) is 0. The number of nitrogens with zero attached hydrogens (tertiary/aromatic N) is 1. The molecule has 0 unspecified atom stereocenters. The molecule has 0 saturated heterocycles. The lowest BCUT2D eigenvalue weighted by Gasteiger charge is -2.19. The van der Waals surface area contributed by atoms with Crippen LogP contribution < -0.4 is 9.64 Å². The number of para-hydroxylation sites is 1. The van der Waals surface area contributed by atoms with Gasteiger partial charge in [0.2, 0.25) is 0 Å².